The number of nitrogens with one attached hydrogen (secondary N) is 1. The van der Waals surface area contributed by atoms with Gasteiger partial charge < -0.3 is 5.32 Å². The third kappa shape index (κ3) is 1.28. The molecule has 1 aromatic carbocycles. The summed E-state index contributed by atoms with van der Waals surface area (Å²) in [7, 11) is 0. The summed E-state index contributed by atoms with van der Waals surface area (Å²) in [6.07, 6.45) is 7.31. The van der Waals surface area contributed by atoms with Crippen molar-refractivity contribution in [3.05, 3.63) is 40.5 Å². The molecule has 0 atom stereocenters. The Morgan fingerprint density at radius 1 is 1.06 bits per heavy atom. The quantitative estimate of drug-likeness (QED) is 0.698. The van der Waals surface area contributed by atoms with Crippen molar-refractivity contribution in [3.8, 4) is 0 Å². The third-order valence-electron chi connectivity index (χ3n) is 4.23. The number of aryl methyl sites for hydroxylation is 2. The van der Waals surface area contributed by atoms with Gasteiger partial charge in [-0.25, -0.2) is 0 Å². The van der Waals surface area contributed by atoms with Gasteiger partial charge >= 0.3 is 0 Å². The Hall–Kier alpha value is -1.08. The highest BCUT2D eigenvalue weighted by atomic mass is 14.9. The first-order valence-corrected chi connectivity index (χ1v) is 6.24. The van der Waals surface area contributed by atoms with Crippen molar-refractivity contribution in [2.75, 3.05) is 13.1 Å². The second kappa shape index (κ2) is 3.46. The Labute approximate surface area is 97.6 Å². The van der Waals surface area contributed by atoms with Gasteiger partial charge in [-0.15, -0.1) is 0 Å². The molecule has 16 heavy (non-hydrogen) atoms. The minimum atomic E-state index is 0.344. The predicted molar refractivity (Wildman–Crippen MR) is 68.7 cm³/mol. The van der Waals surface area contributed by atoms with Crippen LogP contribution in [0.15, 0.2) is 18.2 Å². The van der Waals surface area contributed by atoms with Crippen molar-refractivity contribution in [3.63, 3.8) is 0 Å². The summed E-state index contributed by atoms with van der Waals surface area (Å²) in [5, 5.41) is 3.47. The molecule has 0 unspecified atom stereocenters. The number of allylic oxidation sites excluding steroid dienone is 1. The highest BCUT2D eigenvalue weighted by Crippen LogP contribution is 2.44. The van der Waals surface area contributed by atoms with Gasteiger partial charge in [0.15, 0.2) is 0 Å². The molecule has 0 bridgehead atoms. The first-order chi connectivity index (χ1) is 7.73. The second-order valence-electron chi connectivity index (χ2n) is 5.23. The number of benzene rings is 1. The molecule has 2 aliphatic rings. The van der Waals surface area contributed by atoms with Crippen LogP contribution in [0.2, 0.25) is 0 Å². The Bertz CT molecular complexity index is 451. The van der Waals surface area contributed by atoms with Gasteiger partial charge in [-0.2, -0.15) is 0 Å². The van der Waals surface area contributed by atoms with E-state index in [0.29, 0.717) is 5.41 Å². The molecule has 1 aliphatic carbocycles. The maximum atomic E-state index is 3.47. The van der Waals surface area contributed by atoms with Crippen LogP contribution in [0.5, 0.6) is 0 Å². The van der Waals surface area contributed by atoms with Crippen LogP contribution in [0.3, 0.4) is 0 Å². The van der Waals surface area contributed by atoms with Crippen molar-refractivity contribution in [2.45, 2.75) is 32.1 Å². The monoisotopic (exact) mass is 213 g/mol. The molecule has 1 nitrogen and oxygen atoms in total. The molecular formula is C15H19N. The van der Waals surface area contributed by atoms with Crippen LogP contribution in [0.1, 0.15) is 35.1 Å². The zero-order valence-corrected chi connectivity index (χ0v) is 10.1. The van der Waals surface area contributed by atoms with E-state index in [4.69, 9.17) is 0 Å². The van der Waals surface area contributed by atoms with Crippen LogP contribution in [-0.4, -0.2) is 13.1 Å². The van der Waals surface area contributed by atoms with Crippen LogP contribution in [0.25, 0.3) is 6.08 Å². The first kappa shape index (κ1) is 10.1. The minimum Gasteiger partial charge on any atom is -0.317 e. The number of hydrogen-bond donors (Lipinski definition) is 1. The van der Waals surface area contributed by atoms with Gasteiger partial charge in [-0.1, -0.05) is 24.3 Å². The van der Waals surface area contributed by atoms with Crippen LogP contribution in [0.4, 0.5) is 0 Å². The Morgan fingerprint density at radius 2 is 1.75 bits per heavy atom. The molecule has 1 aliphatic heterocycles. The highest BCUT2D eigenvalue weighted by molar-refractivity contribution is 5.70. The number of fused-ring (bicyclic) bond motifs is 2. The standard InChI is InChI=1S/C15H19N/c1-11-3-4-12(2)14-13(11)5-6-15(14)7-9-16-10-8-15/h3-6,16H,7-10H2,1-2H3. The molecule has 1 spiro atoms. The average Bonchev–Trinajstić information content (AvgIpc) is 2.66. The third-order valence-corrected chi connectivity index (χ3v) is 4.23. The van der Waals surface area contributed by atoms with Crippen molar-refractivity contribution >= 4 is 6.08 Å². The lowest BCUT2D eigenvalue weighted by molar-refractivity contribution is 0.377. The van der Waals surface area contributed by atoms with E-state index in [0.717, 1.165) is 13.1 Å². The normalized spacial score (nSPS) is 21.4. The van der Waals surface area contributed by atoms with Gasteiger partial charge in [0.1, 0.15) is 0 Å². The molecule has 0 aromatic heterocycles. The lowest BCUT2D eigenvalue weighted by atomic mass is 9.73. The Kier molecular flexibility index (Phi) is 2.18. The van der Waals surface area contributed by atoms with Gasteiger partial charge in [0.2, 0.25) is 0 Å². The fourth-order valence-electron chi connectivity index (χ4n) is 3.32. The van der Waals surface area contributed by atoms with Crippen LogP contribution in [0, 0.1) is 13.8 Å². The molecule has 1 aromatic rings. The zero-order valence-electron chi connectivity index (χ0n) is 10.1. The van der Waals surface area contributed by atoms with Crippen LogP contribution < -0.4 is 5.32 Å². The maximum Gasteiger partial charge on any atom is 0.0168 e. The summed E-state index contributed by atoms with van der Waals surface area (Å²) in [4.78, 5) is 0. The number of rotatable bonds is 0. The maximum absolute atomic E-state index is 3.47. The molecule has 1 heteroatoms. The van der Waals surface area contributed by atoms with E-state index in [1.807, 2.05) is 0 Å². The average molecular weight is 213 g/mol. The van der Waals surface area contributed by atoms with Crippen molar-refractivity contribution in [2.24, 2.45) is 0 Å². The van der Waals surface area contributed by atoms with E-state index < -0.39 is 0 Å². The topological polar surface area (TPSA) is 12.0 Å². The first-order valence-electron chi connectivity index (χ1n) is 6.24. The fraction of sp³-hybridized carbons (Fsp3) is 0.467. The van der Waals surface area contributed by atoms with Crippen molar-refractivity contribution in [1.82, 2.24) is 5.32 Å². The summed E-state index contributed by atoms with van der Waals surface area (Å²) in [6, 6.07) is 4.53. The molecule has 0 saturated carbocycles. The van der Waals surface area contributed by atoms with Crippen LogP contribution >= 0.6 is 0 Å². The number of hydrogen-bond acceptors (Lipinski definition) is 1. The molecular weight excluding hydrogens is 194 g/mol. The van der Waals surface area contributed by atoms with Crippen LogP contribution in [-0.2, 0) is 5.41 Å². The summed E-state index contributed by atoms with van der Waals surface area (Å²) in [5.41, 5.74) is 6.33. The minimum absolute atomic E-state index is 0.344. The molecule has 1 fully saturated rings. The van der Waals surface area contributed by atoms with E-state index in [-0.39, 0.29) is 0 Å². The Morgan fingerprint density at radius 3 is 2.50 bits per heavy atom. The highest BCUT2D eigenvalue weighted by Gasteiger charge is 2.37. The van der Waals surface area contributed by atoms with Gasteiger partial charge in [-0.05, 0) is 62.0 Å². The summed E-state index contributed by atoms with van der Waals surface area (Å²) >= 11 is 0. The fourth-order valence-corrected chi connectivity index (χ4v) is 3.32. The zero-order chi connectivity index (χ0) is 11.2. The predicted octanol–water partition coefficient (Wildman–Crippen LogP) is 2.95. The summed E-state index contributed by atoms with van der Waals surface area (Å²) in [6.45, 7) is 6.78. The van der Waals surface area contributed by atoms with E-state index >= 15 is 0 Å². The second-order valence-corrected chi connectivity index (χ2v) is 5.23. The lowest BCUT2D eigenvalue weighted by Crippen LogP contribution is -2.38. The van der Waals surface area contributed by atoms with Gasteiger partial charge in [0, 0.05) is 5.41 Å². The molecule has 3 rings (SSSR count). The van der Waals surface area contributed by atoms with E-state index in [1.54, 1.807) is 5.56 Å². The largest absolute Gasteiger partial charge is 0.317 e. The van der Waals surface area contributed by atoms with E-state index in [1.165, 1.54) is 29.5 Å². The molecule has 1 heterocycles. The molecule has 0 amide bonds. The molecule has 1 saturated heterocycles. The smallest absolute Gasteiger partial charge is 0.0168 e. The van der Waals surface area contributed by atoms with E-state index in [9.17, 15) is 0 Å². The van der Waals surface area contributed by atoms with Crippen molar-refractivity contribution < 1.29 is 0 Å². The molecule has 84 valence electrons. The SMILES string of the molecule is Cc1ccc(C)c2c1C=CC21CCNCC1. The number of piperidine rings is 1. The van der Waals surface area contributed by atoms with Gasteiger partial charge in [0.25, 0.3) is 0 Å². The summed E-state index contributed by atoms with van der Waals surface area (Å²) in [5.74, 6) is 0. The summed E-state index contributed by atoms with van der Waals surface area (Å²) < 4.78 is 0. The van der Waals surface area contributed by atoms with Crippen molar-refractivity contribution in [1.29, 1.82) is 0 Å². The lowest BCUT2D eigenvalue weighted by Gasteiger charge is -2.35. The molecule has 1 N–H and O–H groups in total. The van der Waals surface area contributed by atoms with E-state index in [2.05, 4.69) is 43.4 Å². The molecule has 0 radical (unpaired) electrons. The van der Waals surface area contributed by atoms with Gasteiger partial charge in [0.05, 0.1) is 0 Å². The van der Waals surface area contributed by atoms with Gasteiger partial charge in [-0.3, -0.25) is 0 Å². The Balaban J connectivity index is 2.17.